The van der Waals surface area contributed by atoms with Crippen LogP contribution in [0, 0.1) is 17.0 Å². The number of hydrogen-bond acceptors (Lipinski definition) is 5. The van der Waals surface area contributed by atoms with E-state index in [1.807, 2.05) is 24.3 Å². The first kappa shape index (κ1) is 14.5. The summed E-state index contributed by atoms with van der Waals surface area (Å²) in [4.78, 5) is 10.5. The van der Waals surface area contributed by atoms with Gasteiger partial charge in [0.2, 0.25) is 5.76 Å². The summed E-state index contributed by atoms with van der Waals surface area (Å²) in [7, 11) is 0. The summed E-state index contributed by atoms with van der Waals surface area (Å²) >= 11 is 0. The summed E-state index contributed by atoms with van der Waals surface area (Å²) in [6, 6.07) is 7.34. The molecule has 6 heteroatoms. The molecule has 0 saturated carbocycles. The molecule has 2 rings (SSSR count). The zero-order valence-corrected chi connectivity index (χ0v) is 11.5. The molecule has 1 aromatic heterocycles. The molecule has 0 aliphatic rings. The molecular weight excluding hydrogens is 272 g/mol. The van der Waals surface area contributed by atoms with Gasteiger partial charge in [0, 0.05) is 5.56 Å². The van der Waals surface area contributed by atoms with E-state index in [-0.39, 0.29) is 17.1 Å². The monoisotopic (exact) mass is 286 g/mol. The molecule has 108 valence electrons. The van der Waals surface area contributed by atoms with E-state index in [2.05, 4.69) is 11.7 Å². The van der Waals surface area contributed by atoms with Gasteiger partial charge in [-0.2, -0.15) is 0 Å². The summed E-state index contributed by atoms with van der Waals surface area (Å²) in [5.41, 5.74) is 0.897. The van der Waals surface area contributed by atoms with Gasteiger partial charge in [-0.3, -0.25) is 10.1 Å². The van der Waals surface area contributed by atoms with Crippen LogP contribution in [0.1, 0.15) is 17.0 Å². The lowest BCUT2D eigenvalue weighted by molar-refractivity contribution is -0.386. The molecular formula is C15H14N2O4. The molecule has 0 saturated heterocycles. The molecule has 2 aromatic rings. The lowest BCUT2D eigenvalue weighted by Gasteiger charge is -2.06. The molecule has 0 bridgehead atoms. The maximum atomic E-state index is 11.0. The van der Waals surface area contributed by atoms with E-state index in [0.717, 1.165) is 5.56 Å². The average Bonchev–Trinajstić information content (AvgIpc) is 2.85. The minimum absolute atomic E-state index is 0.107. The Labute approximate surface area is 121 Å². The van der Waals surface area contributed by atoms with Crippen LogP contribution in [0.5, 0.6) is 5.75 Å². The Hall–Kier alpha value is -2.89. The quantitative estimate of drug-likeness (QED) is 0.460. The Morgan fingerprint density at radius 2 is 2.19 bits per heavy atom. The average molecular weight is 286 g/mol. The van der Waals surface area contributed by atoms with Crippen molar-refractivity contribution < 1.29 is 14.2 Å². The van der Waals surface area contributed by atoms with Crippen molar-refractivity contribution in [2.75, 3.05) is 6.61 Å². The number of benzene rings is 1. The molecule has 0 N–H and O–H groups in total. The Morgan fingerprint density at radius 1 is 1.43 bits per heavy atom. The molecule has 0 aliphatic heterocycles. The van der Waals surface area contributed by atoms with Crippen LogP contribution in [0.3, 0.4) is 0 Å². The van der Waals surface area contributed by atoms with Gasteiger partial charge in [0.15, 0.2) is 5.69 Å². The molecule has 0 unspecified atom stereocenters. The van der Waals surface area contributed by atoms with Gasteiger partial charge in [0.05, 0.1) is 4.92 Å². The zero-order chi connectivity index (χ0) is 15.2. The van der Waals surface area contributed by atoms with Gasteiger partial charge in [-0.15, -0.1) is 0 Å². The van der Waals surface area contributed by atoms with E-state index >= 15 is 0 Å². The zero-order valence-electron chi connectivity index (χ0n) is 11.5. The predicted octanol–water partition coefficient (Wildman–Crippen LogP) is 3.63. The molecule has 0 amide bonds. The molecule has 0 atom stereocenters. The predicted molar refractivity (Wildman–Crippen MR) is 79.0 cm³/mol. The van der Waals surface area contributed by atoms with Crippen molar-refractivity contribution in [1.29, 1.82) is 0 Å². The highest BCUT2D eigenvalue weighted by molar-refractivity contribution is 5.74. The summed E-state index contributed by atoms with van der Waals surface area (Å²) < 4.78 is 10.5. The second-order valence-electron chi connectivity index (χ2n) is 4.21. The second-order valence-corrected chi connectivity index (χ2v) is 4.21. The fourth-order valence-corrected chi connectivity index (χ4v) is 1.78. The SMILES string of the molecule is C=CCOc1ccccc1C=Cc1onc(C)c1[N+](=O)[O-]. The molecule has 1 heterocycles. The maximum absolute atomic E-state index is 11.0. The van der Waals surface area contributed by atoms with Crippen LogP contribution in [0.15, 0.2) is 41.4 Å². The highest BCUT2D eigenvalue weighted by Gasteiger charge is 2.21. The minimum Gasteiger partial charge on any atom is -0.489 e. The summed E-state index contributed by atoms with van der Waals surface area (Å²) in [5.74, 6) is 0.767. The third kappa shape index (κ3) is 3.36. The van der Waals surface area contributed by atoms with Crippen molar-refractivity contribution >= 4 is 17.8 Å². The first-order valence-electron chi connectivity index (χ1n) is 6.25. The van der Waals surface area contributed by atoms with E-state index in [1.54, 1.807) is 12.2 Å². The van der Waals surface area contributed by atoms with Crippen LogP contribution in [0.25, 0.3) is 12.2 Å². The fourth-order valence-electron chi connectivity index (χ4n) is 1.78. The highest BCUT2D eigenvalue weighted by Crippen LogP contribution is 2.26. The molecule has 0 radical (unpaired) electrons. The largest absolute Gasteiger partial charge is 0.489 e. The van der Waals surface area contributed by atoms with Gasteiger partial charge in [0.25, 0.3) is 0 Å². The molecule has 0 spiro atoms. The number of nitrogens with zero attached hydrogens (tertiary/aromatic N) is 2. The minimum atomic E-state index is -0.508. The Balaban J connectivity index is 2.30. The molecule has 1 aromatic carbocycles. The topological polar surface area (TPSA) is 78.4 Å². The summed E-state index contributed by atoms with van der Waals surface area (Å²) in [5, 5.41) is 14.6. The van der Waals surface area contributed by atoms with Crippen molar-refractivity contribution in [2.24, 2.45) is 0 Å². The Kier molecular flexibility index (Phi) is 4.50. The summed E-state index contributed by atoms with van der Waals surface area (Å²) in [6.07, 6.45) is 4.84. The van der Waals surface area contributed by atoms with Crippen LogP contribution in [0.2, 0.25) is 0 Å². The van der Waals surface area contributed by atoms with Crippen LogP contribution in [-0.4, -0.2) is 16.7 Å². The van der Waals surface area contributed by atoms with Crippen LogP contribution >= 0.6 is 0 Å². The van der Waals surface area contributed by atoms with Crippen molar-refractivity contribution in [1.82, 2.24) is 5.16 Å². The Bertz CT molecular complexity index is 689. The summed E-state index contributed by atoms with van der Waals surface area (Å²) in [6.45, 7) is 5.50. The number of para-hydroxylation sites is 1. The second kappa shape index (κ2) is 6.51. The first-order valence-corrected chi connectivity index (χ1v) is 6.25. The van der Waals surface area contributed by atoms with Gasteiger partial charge in [0.1, 0.15) is 12.4 Å². The number of nitro groups is 1. The standard InChI is InChI=1S/C15H14N2O4/c1-3-10-20-13-7-5-4-6-12(13)8-9-14-15(17(18)19)11(2)16-21-14/h3-9H,1,10H2,2H3. The van der Waals surface area contributed by atoms with Gasteiger partial charge in [-0.05, 0) is 25.1 Å². The van der Waals surface area contributed by atoms with Crippen molar-refractivity contribution in [3.63, 3.8) is 0 Å². The van der Waals surface area contributed by atoms with E-state index in [4.69, 9.17) is 9.26 Å². The third-order valence-electron chi connectivity index (χ3n) is 2.73. The third-order valence-corrected chi connectivity index (χ3v) is 2.73. The lowest BCUT2D eigenvalue weighted by Crippen LogP contribution is -1.94. The first-order chi connectivity index (χ1) is 10.1. The number of aryl methyl sites for hydroxylation is 1. The number of aromatic nitrogens is 1. The van der Waals surface area contributed by atoms with E-state index < -0.39 is 4.92 Å². The normalized spacial score (nSPS) is 10.7. The van der Waals surface area contributed by atoms with Crippen LogP contribution in [-0.2, 0) is 0 Å². The van der Waals surface area contributed by atoms with Crippen molar-refractivity contribution in [3.8, 4) is 5.75 Å². The van der Waals surface area contributed by atoms with E-state index in [0.29, 0.717) is 12.4 Å². The number of rotatable bonds is 6. The fraction of sp³-hybridized carbons (Fsp3) is 0.133. The van der Waals surface area contributed by atoms with Gasteiger partial charge >= 0.3 is 5.69 Å². The van der Waals surface area contributed by atoms with Crippen LogP contribution < -0.4 is 4.74 Å². The molecule has 0 fully saturated rings. The van der Waals surface area contributed by atoms with Gasteiger partial charge in [-0.1, -0.05) is 36.0 Å². The maximum Gasteiger partial charge on any atom is 0.338 e. The molecule has 0 aliphatic carbocycles. The van der Waals surface area contributed by atoms with E-state index in [1.165, 1.54) is 13.0 Å². The lowest BCUT2D eigenvalue weighted by atomic mass is 10.1. The van der Waals surface area contributed by atoms with Crippen molar-refractivity contribution in [3.05, 3.63) is 64.1 Å². The number of hydrogen-bond donors (Lipinski definition) is 0. The van der Waals surface area contributed by atoms with Gasteiger partial charge in [-0.25, -0.2) is 0 Å². The van der Waals surface area contributed by atoms with E-state index in [9.17, 15) is 10.1 Å². The smallest absolute Gasteiger partial charge is 0.338 e. The number of ether oxygens (including phenoxy) is 1. The van der Waals surface area contributed by atoms with Gasteiger partial charge < -0.3 is 9.26 Å². The highest BCUT2D eigenvalue weighted by atomic mass is 16.6. The Morgan fingerprint density at radius 3 is 2.90 bits per heavy atom. The van der Waals surface area contributed by atoms with Crippen LogP contribution in [0.4, 0.5) is 5.69 Å². The molecule has 21 heavy (non-hydrogen) atoms. The molecule has 6 nitrogen and oxygen atoms in total. The van der Waals surface area contributed by atoms with Crippen molar-refractivity contribution in [2.45, 2.75) is 6.92 Å².